The molecule has 0 bridgehead atoms. The molecule has 10 heteroatoms. The molecule has 35 heavy (non-hydrogen) atoms. The van der Waals surface area contributed by atoms with Gasteiger partial charge in [0.05, 0.1) is 5.56 Å². The van der Waals surface area contributed by atoms with Gasteiger partial charge in [-0.15, -0.1) is 10.2 Å². The van der Waals surface area contributed by atoms with Crippen molar-refractivity contribution in [2.45, 2.75) is 37.0 Å². The van der Waals surface area contributed by atoms with Crippen molar-refractivity contribution in [2.24, 2.45) is 18.9 Å². The van der Waals surface area contributed by atoms with Crippen molar-refractivity contribution in [3.05, 3.63) is 59.2 Å². The zero-order chi connectivity index (χ0) is 25.0. The molecule has 1 saturated heterocycles. The average Bonchev–Trinajstić information content (AvgIpc) is 3.10. The van der Waals surface area contributed by atoms with Gasteiger partial charge < -0.3 is 9.47 Å². The number of aromatic nitrogens is 4. The van der Waals surface area contributed by atoms with E-state index in [0.717, 1.165) is 53.6 Å². The van der Waals surface area contributed by atoms with Gasteiger partial charge in [0, 0.05) is 48.8 Å². The van der Waals surface area contributed by atoms with Gasteiger partial charge in [0.25, 0.3) is 0 Å². The van der Waals surface area contributed by atoms with E-state index in [-0.39, 0.29) is 17.3 Å². The molecular formula is C25H27F4N5S. The monoisotopic (exact) mass is 505 g/mol. The minimum atomic E-state index is -4.54. The Balaban J connectivity index is 1.17. The summed E-state index contributed by atoms with van der Waals surface area (Å²) >= 11 is 1.64. The third-order valence-electron chi connectivity index (χ3n) is 7.64. The predicted octanol–water partition coefficient (Wildman–Crippen LogP) is 5.35. The van der Waals surface area contributed by atoms with Gasteiger partial charge in [-0.05, 0) is 61.6 Å². The van der Waals surface area contributed by atoms with Crippen LogP contribution >= 0.6 is 11.8 Å². The van der Waals surface area contributed by atoms with Crippen LogP contribution in [0.3, 0.4) is 0 Å². The van der Waals surface area contributed by atoms with Crippen molar-refractivity contribution in [3.8, 4) is 11.4 Å². The SMILES string of the molecule is Cc1ncccc1-c1nnc(SCCCN2C[C@@H]3[C@H](C)[C@]3(c3ccc(C(F)(F)F)cc3F)C2)n1C. The van der Waals surface area contributed by atoms with Crippen LogP contribution in [-0.4, -0.2) is 50.0 Å². The summed E-state index contributed by atoms with van der Waals surface area (Å²) in [5.41, 5.74) is 0.983. The molecule has 0 N–H and O–H groups in total. The van der Waals surface area contributed by atoms with Crippen LogP contribution in [0.4, 0.5) is 17.6 Å². The summed E-state index contributed by atoms with van der Waals surface area (Å²) in [7, 11) is 1.95. The molecule has 1 aliphatic carbocycles. The van der Waals surface area contributed by atoms with Crippen molar-refractivity contribution in [1.29, 1.82) is 0 Å². The molecule has 0 radical (unpaired) electrons. The highest BCUT2D eigenvalue weighted by atomic mass is 32.2. The Morgan fingerprint density at radius 3 is 2.71 bits per heavy atom. The van der Waals surface area contributed by atoms with E-state index >= 15 is 0 Å². The van der Waals surface area contributed by atoms with E-state index in [1.54, 1.807) is 18.0 Å². The van der Waals surface area contributed by atoms with E-state index in [4.69, 9.17) is 0 Å². The minimum absolute atomic E-state index is 0.271. The first kappa shape index (κ1) is 24.2. The van der Waals surface area contributed by atoms with Crippen molar-refractivity contribution < 1.29 is 17.6 Å². The second kappa shape index (κ2) is 8.89. The lowest BCUT2D eigenvalue weighted by molar-refractivity contribution is -0.137. The van der Waals surface area contributed by atoms with Crippen molar-refractivity contribution in [3.63, 3.8) is 0 Å². The highest BCUT2D eigenvalue weighted by Crippen LogP contribution is 2.64. The van der Waals surface area contributed by atoms with Gasteiger partial charge in [-0.1, -0.05) is 24.8 Å². The second-order valence-corrected chi connectivity index (χ2v) is 10.6. The molecule has 5 nitrogen and oxygen atoms in total. The van der Waals surface area contributed by atoms with Gasteiger partial charge in [0.15, 0.2) is 11.0 Å². The standard InChI is InChI=1S/C25H27F4N5S/c1-15-20-13-34(14-24(15,20)19-8-7-17(12-21(19)26)25(27,28)29)10-5-11-35-23-32-31-22(33(23)3)18-6-4-9-30-16(18)2/h4,6-9,12,15,20H,5,10-11,13-14H2,1-3H3/t15-,20+,24-/m0/s1. The molecule has 1 saturated carbocycles. The largest absolute Gasteiger partial charge is 0.416 e. The summed E-state index contributed by atoms with van der Waals surface area (Å²) in [6.45, 7) is 6.40. The van der Waals surface area contributed by atoms with E-state index in [1.165, 1.54) is 6.07 Å². The third-order valence-corrected chi connectivity index (χ3v) is 8.75. The molecule has 3 atom stereocenters. The van der Waals surface area contributed by atoms with Crippen LogP contribution in [0.25, 0.3) is 11.4 Å². The van der Waals surface area contributed by atoms with Gasteiger partial charge >= 0.3 is 6.18 Å². The molecule has 0 spiro atoms. The van der Waals surface area contributed by atoms with Crippen LogP contribution in [-0.2, 0) is 18.6 Å². The molecule has 2 aliphatic rings. The summed E-state index contributed by atoms with van der Waals surface area (Å²) in [4.78, 5) is 6.63. The maximum atomic E-state index is 14.7. The highest BCUT2D eigenvalue weighted by Gasteiger charge is 2.67. The lowest BCUT2D eigenvalue weighted by Crippen LogP contribution is -2.30. The first-order chi connectivity index (χ1) is 16.6. The number of aryl methyl sites for hydroxylation is 1. The van der Waals surface area contributed by atoms with Crippen molar-refractivity contribution >= 4 is 11.8 Å². The fourth-order valence-corrected chi connectivity index (χ4v) is 6.47. The van der Waals surface area contributed by atoms with E-state index in [2.05, 4.69) is 27.0 Å². The van der Waals surface area contributed by atoms with Gasteiger partial charge in [-0.2, -0.15) is 13.2 Å². The molecule has 1 aliphatic heterocycles. The Bertz CT molecular complexity index is 1240. The molecule has 3 heterocycles. The van der Waals surface area contributed by atoms with Crippen molar-refractivity contribution in [1.82, 2.24) is 24.6 Å². The summed E-state index contributed by atoms with van der Waals surface area (Å²) < 4.78 is 55.6. The van der Waals surface area contributed by atoms with Crippen molar-refractivity contribution in [2.75, 3.05) is 25.4 Å². The molecule has 2 aromatic heterocycles. The predicted molar refractivity (Wildman–Crippen MR) is 126 cm³/mol. The number of hydrogen-bond donors (Lipinski definition) is 0. The molecule has 0 amide bonds. The van der Waals surface area contributed by atoms with Crippen LogP contribution in [0.1, 0.15) is 30.2 Å². The number of rotatable bonds is 7. The minimum Gasteiger partial charge on any atom is -0.305 e. The number of hydrogen-bond acceptors (Lipinski definition) is 5. The maximum Gasteiger partial charge on any atom is 0.416 e. The van der Waals surface area contributed by atoms with Gasteiger partial charge in [0.1, 0.15) is 5.82 Å². The lowest BCUT2D eigenvalue weighted by Gasteiger charge is -2.23. The zero-order valence-corrected chi connectivity index (χ0v) is 20.6. The summed E-state index contributed by atoms with van der Waals surface area (Å²) in [5, 5.41) is 9.50. The molecule has 0 unspecified atom stereocenters. The van der Waals surface area contributed by atoms with Gasteiger partial charge in [-0.25, -0.2) is 4.39 Å². The number of fused-ring (bicyclic) bond motifs is 1. The Hall–Kier alpha value is -2.46. The Labute approximate surface area is 206 Å². The summed E-state index contributed by atoms with van der Waals surface area (Å²) in [6, 6.07) is 6.87. The average molecular weight is 506 g/mol. The Morgan fingerprint density at radius 1 is 1.20 bits per heavy atom. The Kier molecular flexibility index (Phi) is 6.15. The number of likely N-dealkylation sites (tertiary alicyclic amines) is 1. The van der Waals surface area contributed by atoms with Crippen LogP contribution in [0.15, 0.2) is 41.7 Å². The second-order valence-electron chi connectivity index (χ2n) is 9.57. The van der Waals surface area contributed by atoms with Crippen LogP contribution in [0.2, 0.25) is 0 Å². The van der Waals surface area contributed by atoms with Gasteiger partial charge in [0.2, 0.25) is 0 Å². The molecule has 186 valence electrons. The quantitative estimate of drug-likeness (QED) is 0.246. The zero-order valence-electron chi connectivity index (χ0n) is 19.8. The highest BCUT2D eigenvalue weighted by molar-refractivity contribution is 7.99. The summed E-state index contributed by atoms with van der Waals surface area (Å²) in [5.74, 6) is 1.45. The summed E-state index contributed by atoms with van der Waals surface area (Å²) in [6.07, 6.45) is -1.86. The smallest absolute Gasteiger partial charge is 0.305 e. The van der Waals surface area contributed by atoms with Crippen LogP contribution < -0.4 is 0 Å². The van der Waals surface area contributed by atoms with E-state index < -0.39 is 17.6 Å². The lowest BCUT2D eigenvalue weighted by atomic mass is 9.91. The van der Waals surface area contributed by atoms with E-state index in [9.17, 15) is 17.6 Å². The third kappa shape index (κ3) is 4.24. The van der Waals surface area contributed by atoms with Crippen LogP contribution in [0.5, 0.6) is 0 Å². The number of thioether (sulfide) groups is 1. The number of nitrogens with zero attached hydrogens (tertiary/aromatic N) is 5. The fraction of sp³-hybridized carbons (Fsp3) is 0.480. The van der Waals surface area contributed by atoms with E-state index in [1.807, 2.05) is 30.7 Å². The molecule has 5 rings (SSSR count). The molecular weight excluding hydrogens is 478 g/mol. The van der Waals surface area contributed by atoms with Crippen LogP contribution in [0, 0.1) is 24.6 Å². The molecule has 3 aromatic rings. The van der Waals surface area contributed by atoms with E-state index in [0.29, 0.717) is 18.2 Å². The maximum absolute atomic E-state index is 14.7. The first-order valence-electron chi connectivity index (χ1n) is 11.7. The molecule has 2 fully saturated rings. The Morgan fingerprint density at radius 2 is 2.00 bits per heavy atom. The number of benzene rings is 1. The number of alkyl halides is 3. The first-order valence-corrected chi connectivity index (χ1v) is 12.6. The molecule has 1 aromatic carbocycles. The normalized spacial score (nSPS) is 24.1. The number of piperidine rings is 1. The topological polar surface area (TPSA) is 46.8 Å². The fourth-order valence-electron chi connectivity index (χ4n) is 5.64. The number of halogens is 4. The van der Waals surface area contributed by atoms with Gasteiger partial charge in [-0.3, -0.25) is 4.98 Å². The number of pyridine rings is 1.